The van der Waals surface area contributed by atoms with Gasteiger partial charge in [0.15, 0.2) is 0 Å². The number of nitrogens with zero attached hydrogens (tertiary/aromatic N) is 2. The molecule has 0 bridgehead atoms. The number of halogens is 1. The van der Waals surface area contributed by atoms with Gasteiger partial charge in [-0.25, -0.2) is 9.97 Å². The summed E-state index contributed by atoms with van der Waals surface area (Å²) < 4.78 is 1.22. The molecule has 0 atom stereocenters. The van der Waals surface area contributed by atoms with Crippen molar-refractivity contribution in [2.24, 2.45) is 5.41 Å². The quantitative estimate of drug-likeness (QED) is 0.827. The second-order valence-electron chi connectivity index (χ2n) is 6.23. The van der Waals surface area contributed by atoms with Crippen LogP contribution in [0.3, 0.4) is 0 Å². The lowest BCUT2D eigenvalue weighted by Gasteiger charge is -2.19. The third-order valence-electron chi connectivity index (χ3n) is 2.92. The SMILES string of the molecule is CCNc1nc(CC(C)(C)C)nc(C2CC2)c1I. The maximum Gasteiger partial charge on any atom is 0.143 e. The minimum atomic E-state index is 0.233. The van der Waals surface area contributed by atoms with Gasteiger partial charge in [-0.3, -0.25) is 0 Å². The highest BCUT2D eigenvalue weighted by molar-refractivity contribution is 14.1. The van der Waals surface area contributed by atoms with Gasteiger partial charge >= 0.3 is 0 Å². The predicted molar refractivity (Wildman–Crippen MR) is 84.0 cm³/mol. The van der Waals surface area contributed by atoms with Crippen molar-refractivity contribution < 1.29 is 0 Å². The Bertz CT molecular complexity index is 433. The smallest absolute Gasteiger partial charge is 0.143 e. The van der Waals surface area contributed by atoms with E-state index in [2.05, 4.69) is 60.6 Å². The molecule has 1 aliphatic carbocycles. The van der Waals surface area contributed by atoms with E-state index in [9.17, 15) is 0 Å². The molecule has 4 heteroatoms. The van der Waals surface area contributed by atoms with Crippen molar-refractivity contribution in [3.63, 3.8) is 0 Å². The Labute approximate surface area is 123 Å². The highest BCUT2D eigenvalue weighted by atomic mass is 127. The van der Waals surface area contributed by atoms with E-state index < -0.39 is 0 Å². The van der Waals surface area contributed by atoms with E-state index >= 15 is 0 Å². The van der Waals surface area contributed by atoms with Gasteiger partial charge in [0.2, 0.25) is 0 Å². The van der Waals surface area contributed by atoms with E-state index in [1.54, 1.807) is 0 Å². The van der Waals surface area contributed by atoms with Crippen LogP contribution in [0.2, 0.25) is 0 Å². The summed E-state index contributed by atoms with van der Waals surface area (Å²) in [5, 5.41) is 3.37. The predicted octanol–water partition coefficient (Wildman–Crippen LogP) is 3.98. The zero-order valence-corrected chi connectivity index (χ0v) is 13.8. The molecule has 0 amide bonds. The lowest BCUT2D eigenvalue weighted by Crippen LogP contribution is -2.15. The van der Waals surface area contributed by atoms with Crippen LogP contribution in [0.25, 0.3) is 0 Å². The molecule has 0 saturated heterocycles. The van der Waals surface area contributed by atoms with Crippen molar-refractivity contribution in [3.05, 3.63) is 15.1 Å². The van der Waals surface area contributed by atoms with E-state index in [0.717, 1.165) is 24.6 Å². The van der Waals surface area contributed by atoms with E-state index in [1.165, 1.54) is 22.1 Å². The van der Waals surface area contributed by atoms with E-state index in [1.807, 2.05) is 0 Å². The molecule has 1 aliphatic rings. The molecular weight excluding hydrogens is 337 g/mol. The number of hydrogen-bond acceptors (Lipinski definition) is 3. The number of rotatable bonds is 4. The fraction of sp³-hybridized carbons (Fsp3) is 0.714. The maximum atomic E-state index is 4.80. The molecule has 0 aliphatic heterocycles. The van der Waals surface area contributed by atoms with Crippen LogP contribution in [0, 0.1) is 8.99 Å². The Balaban J connectivity index is 2.35. The first-order valence-electron chi connectivity index (χ1n) is 6.71. The highest BCUT2D eigenvalue weighted by Crippen LogP contribution is 2.42. The molecule has 100 valence electrons. The second kappa shape index (κ2) is 5.31. The summed E-state index contributed by atoms with van der Waals surface area (Å²) in [4.78, 5) is 9.49. The van der Waals surface area contributed by atoms with Crippen molar-refractivity contribution in [2.45, 2.75) is 52.9 Å². The first-order chi connectivity index (χ1) is 8.40. The van der Waals surface area contributed by atoms with Crippen LogP contribution in [0.1, 0.15) is 58.0 Å². The molecule has 3 nitrogen and oxygen atoms in total. The van der Waals surface area contributed by atoms with Crippen molar-refractivity contribution in [1.29, 1.82) is 0 Å². The lowest BCUT2D eigenvalue weighted by atomic mass is 9.92. The summed E-state index contributed by atoms with van der Waals surface area (Å²) >= 11 is 2.39. The van der Waals surface area contributed by atoms with Crippen LogP contribution in [0.4, 0.5) is 5.82 Å². The van der Waals surface area contributed by atoms with Gasteiger partial charge < -0.3 is 5.32 Å². The van der Waals surface area contributed by atoms with Gasteiger partial charge in [0.05, 0.1) is 9.26 Å². The van der Waals surface area contributed by atoms with Crippen molar-refractivity contribution in [1.82, 2.24) is 9.97 Å². The zero-order valence-electron chi connectivity index (χ0n) is 11.7. The Morgan fingerprint density at radius 1 is 1.28 bits per heavy atom. The average molecular weight is 359 g/mol. The molecule has 1 N–H and O–H groups in total. The first-order valence-corrected chi connectivity index (χ1v) is 7.79. The third kappa shape index (κ3) is 3.56. The number of aromatic nitrogens is 2. The van der Waals surface area contributed by atoms with Gasteiger partial charge in [-0.1, -0.05) is 20.8 Å². The fourth-order valence-electron chi connectivity index (χ4n) is 1.98. The van der Waals surface area contributed by atoms with Crippen molar-refractivity contribution in [3.8, 4) is 0 Å². The molecule has 0 unspecified atom stereocenters. The molecule has 1 aromatic rings. The van der Waals surface area contributed by atoms with Crippen LogP contribution < -0.4 is 5.32 Å². The zero-order chi connectivity index (χ0) is 13.3. The molecule has 1 aromatic heterocycles. The molecular formula is C14H22IN3. The summed E-state index contributed by atoms with van der Waals surface area (Å²) in [5.41, 5.74) is 1.50. The minimum Gasteiger partial charge on any atom is -0.369 e. The summed E-state index contributed by atoms with van der Waals surface area (Å²) in [6.45, 7) is 9.72. The molecule has 0 aromatic carbocycles. The Morgan fingerprint density at radius 2 is 1.94 bits per heavy atom. The second-order valence-corrected chi connectivity index (χ2v) is 7.31. The topological polar surface area (TPSA) is 37.8 Å². The van der Waals surface area contributed by atoms with Gasteiger partial charge in [-0.2, -0.15) is 0 Å². The number of hydrogen-bond donors (Lipinski definition) is 1. The van der Waals surface area contributed by atoms with Crippen molar-refractivity contribution in [2.75, 3.05) is 11.9 Å². The minimum absolute atomic E-state index is 0.233. The van der Waals surface area contributed by atoms with Gasteiger partial charge in [0.1, 0.15) is 11.6 Å². The fourth-order valence-corrected chi connectivity index (χ4v) is 2.85. The van der Waals surface area contributed by atoms with E-state index in [-0.39, 0.29) is 5.41 Å². The normalized spacial score (nSPS) is 15.8. The molecule has 1 saturated carbocycles. The molecule has 2 rings (SSSR count). The summed E-state index contributed by atoms with van der Waals surface area (Å²) in [6, 6.07) is 0. The summed E-state index contributed by atoms with van der Waals surface area (Å²) in [6.07, 6.45) is 3.50. The molecule has 18 heavy (non-hydrogen) atoms. The van der Waals surface area contributed by atoms with Crippen molar-refractivity contribution >= 4 is 28.4 Å². The average Bonchev–Trinajstić information content (AvgIpc) is 3.04. The van der Waals surface area contributed by atoms with E-state index in [0.29, 0.717) is 5.92 Å². The van der Waals surface area contributed by atoms with Crippen LogP contribution in [-0.2, 0) is 6.42 Å². The van der Waals surface area contributed by atoms with Crippen LogP contribution in [0.5, 0.6) is 0 Å². The lowest BCUT2D eigenvalue weighted by molar-refractivity contribution is 0.400. The van der Waals surface area contributed by atoms with Gasteiger partial charge in [0, 0.05) is 18.9 Å². The Kier molecular flexibility index (Phi) is 4.14. The summed E-state index contributed by atoms with van der Waals surface area (Å²) in [5.74, 6) is 2.69. The highest BCUT2D eigenvalue weighted by Gasteiger charge is 2.29. The van der Waals surface area contributed by atoms with Crippen LogP contribution >= 0.6 is 22.6 Å². The molecule has 1 heterocycles. The summed E-state index contributed by atoms with van der Waals surface area (Å²) in [7, 11) is 0. The number of anilines is 1. The maximum absolute atomic E-state index is 4.80. The van der Waals surface area contributed by atoms with Gasteiger partial charge in [0.25, 0.3) is 0 Å². The Morgan fingerprint density at radius 3 is 2.44 bits per heavy atom. The monoisotopic (exact) mass is 359 g/mol. The molecule has 1 fully saturated rings. The standard InChI is InChI=1S/C14H22IN3/c1-5-16-13-11(15)12(9-6-7-9)17-10(18-13)8-14(2,3)4/h9H,5-8H2,1-4H3,(H,16,17,18). The van der Waals surface area contributed by atoms with Crippen LogP contribution in [0.15, 0.2) is 0 Å². The van der Waals surface area contributed by atoms with Gasteiger partial charge in [-0.15, -0.1) is 0 Å². The molecule has 0 spiro atoms. The first kappa shape index (κ1) is 14.0. The van der Waals surface area contributed by atoms with Gasteiger partial charge in [-0.05, 0) is 47.8 Å². The third-order valence-corrected chi connectivity index (χ3v) is 3.98. The number of nitrogens with one attached hydrogen (secondary N) is 1. The Hall–Kier alpha value is -0.390. The van der Waals surface area contributed by atoms with Crippen LogP contribution in [-0.4, -0.2) is 16.5 Å². The van der Waals surface area contributed by atoms with E-state index in [4.69, 9.17) is 4.98 Å². The largest absolute Gasteiger partial charge is 0.369 e. The molecule has 0 radical (unpaired) electrons.